The van der Waals surface area contributed by atoms with Crippen molar-refractivity contribution in [3.63, 3.8) is 0 Å². The van der Waals surface area contributed by atoms with Crippen molar-refractivity contribution < 1.29 is 49.4 Å². The number of unbranched alkanes of at least 4 members (excludes halogenated alkanes) is 14. The fraction of sp³-hybridized carbons (Fsp3) is 0.571. The van der Waals surface area contributed by atoms with Crippen LogP contribution >= 0.6 is 0 Å². The first-order chi connectivity index (χ1) is 20.0. The SMILES string of the molecule is CCCCCCCCCCCCCCCCCC([O-])=N[C@H](Cc1ccccc1)C(=O)N[C@H](C(=O)O)c1ccccc1.[Na+]. The van der Waals surface area contributed by atoms with E-state index in [9.17, 15) is 19.8 Å². The Morgan fingerprint density at radius 1 is 0.738 bits per heavy atom. The Kier molecular flexibility index (Phi) is 21.9. The van der Waals surface area contributed by atoms with Gasteiger partial charge in [0.1, 0.15) is 6.04 Å². The Labute approximate surface area is 276 Å². The standard InChI is InChI=1S/C35H52N2O4.Na/c1-2-3-4-5-6-7-8-9-10-11-12-13-14-15-22-27-32(38)36-31(28-29-23-18-16-19-24-29)34(39)37-33(35(40)41)30-25-20-17-21-26-30;/h16-21,23-26,31,33H,2-15,22,27-28H2,1H3,(H,36,38)(H,37,39)(H,40,41);/q;+1/p-1/t31-,33+;/m1./s1. The van der Waals surface area contributed by atoms with Gasteiger partial charge in [0, 0.05) is 6.42 Å². The molecule has 0 saturated heterocycles. The van der Waals surface area contributed by atoms with E-state index >= 15 is 0 Å². The number of benzene rings is 2. The van der Waals surface area contributed by atoms with Gasteiger partial charge in [-0.2, -0.15) is 0 Å². The van der Waals surface area contributed by atoms with Gasteiger partial charge in [-0.3, -0.25) is 9.79 Å². The maximum Gasteiger partial charge on any atom is 1.00 e. The summed E-state index contributed by atoms with van der Waals surface area (Å²) in [5, 5.41) is 25.0. The molecule has 0 aliphatic rings. The molecule has 0 aliphatic heterocycles. The predicted molar refractivity (Wildman–Crippen MR) is 166 cm³/mol. The van der Waals surface area contributed by atoms with Crippen molar-refractivity contribution in [3.05, 3.63) is 71.8 Å². The molecule has 0 heterocycles. The van der Waals surface area contributed by atoms with Gasteiger partial charge in [0.05, 0.1) is 0 Å². The molecule has 0 spiro atoms. The van der Waals surface area contributed by atoms with Crippen LogP contribution in [-0.4, -0.2) is 28.9 Å². The maximum atomic E-state index is 13.2. The molecule has 6 nitrogen and oxygen atoms in total. The van der Waals surface area contributed by atoms with Crippen LogP contribution in [0, 0.1) is 0 Å². The zero-order valence-electron chi connectivity index (χ0n) is 26.1. The molecule has 2 aromatic carbocycles. The van der Waals surface area contributed by atoms with Crippen LogP contribution in [0.5, 0.6) is 0 Å². The number of amides is 1. The van der Waals surface area contributed by atoms with Gasteiger partial charge >= 0.3 is 35.5 Å². The molecule has 0 fully saturated rings. The number of carbonyl (C=O) groups excluding carboxylic acids is 1. The third-order valence-electron chi connectivity index (χ3n) is 7.54. The van der Waals surface area contributed by atoms with E-state index in [2.05, 4.69) is 17.2 Å². The van der Waals surface area contributed by atoms with E-state index in [1.54, 1.807) is 30.3 Å². The molecular weight excluding hydrogens is 535 g/mol. The molecule has 2 N–H and O–H groups in total. The van der Waals surface area contributed by atoms with Gasteiger partial charge in [-0.15, -0.1) is 0 Å². The second-order valence-electron chi connectivity index (χ2n) is 11.1. The van der Waals surface area contributed by atoms with Crippen LogP contribution in [0.15, 0.2) is 65.7 Å². The molecule has 42 heavy (non-hydrogen) atoms. The summed E-state index contributed by atoms with van der Waals surface area (Å²) in [6.07, 6.45) is 19.4. The Balaban J connectivity index is 0.00000882. The third-order valence-corrected chi connectivity index (χ3v) is 7.54. The third kappa shape index (κ3) is 17.1. The number of carbonyl (C=O) groups is 2. The molecule has 226 valence electrons. The summed E-state index contributed by atoms with van der Waals surface area (Å²) >= 11 is 0. The number of carboxylic acids is 1. The minimum absolute atomic E-state index is 0. The first-order valence-corrected chi connectivity index (χ1v) is 15.9. The molecule has 0 radical (unpaired) electrons. The Morgan fingerprint density at radius 2 is 1.19 bits per heavy atom. The van der Waals surface area contributed by atoms with Gasteiger partial charge < -0.3 is 15.5 Å². The Bertz CT molecular complexity index is 1000. The van der Waals surface area contributed by atoms with E-state index in [1.165, 1.54) is 77.0 Å². The average molecular weight is 587 g/mol. The smallest absolute Gasteiger partial charge is 0.862 e. The normalized spacial score (nSPS) is 12.7. The summed E-state index contributed by atoms with van der Waals surface area (Å²) in [5.41, 5.74) is 1.33. The van der Waals surface area contributed by atoms with Crippen LogP contribution in [0.4, 0.5) is 0 Å². The quantitative estimate of drug-likeness (QED) is 0.0863. The molecule has 0 saturated carbocycles. The van der Waals surface area contributed by atoms with E-state index in [1.807, 2.05) is 30.3 Å². The maximum absolute atomic E-state index is 13.2. The van der Waals surface area contributed by atoms with Crippen molar-refractivity contribution in [2.24, 2.45) is 4.99 Å². The number of aliphatic imine (C=N–C) groups is 1. The summed E-state index contributed by atoms with van der Waals surface area (Å²) in [4.78, 5) is 29.3. The zero-order valence-corrected chi connectivity index (χ0v) is 28.1. The van der Waals surface area contributed by atoms with E-state index in [4.69, 9.17) is 0 Å². The summed E-state index contributed by atoms with van der Waals surface area (Å²) in [6.45, 7) is 2.26. The Hall–Kier alpha value is -2.15. The van der Waals surface area contributed by atoms with Crippen LogP contribution in [0.25, 0.3) is 0 Å². The van der Waals surface area contributed by atoms with Crippen LogP contribution < -0.4 is 40.0 Å². The fourth-order valence-electron chi connectivity index (χ4n) is 5.09. The molecular formula is C35H51N2NaO4. The van der Waals surface area contributed by atoms with Crippen molar-refractivity contribution in [1.82, 2.24) is 5.32 Å². The molecule has 2 atom stereocenters. The van der Waals surface area contributed by atoms with E-state index in [0.717, 1.165) is 24.8 Å². The van der Waals surface area contributed by atoms with Gasteiger partial charge in [0.25, 0.3) is 0 Å². The number of aliphatic carboxylic acids is 1. The fourth-order valence-corrected chi connectivity index (χ4v) is 5.09. The van der Waals surface area contributed by atoms with Crippen LogP contribution in [0.1, 0.15) is 127 Å². The number of hydrogen-bond donors (Lipinski definition) is 2. The van der Waals surface area contributed by atoms with Gasteiger partial charge in [-0.25, -0.2) is 4.79 Å². The number of nitrogens with one attached hydrogen (secondary N) is 1. The summed E-state index contributed by atoms with van der Waals surface area (Å²) in [5.74, 6) is -2.02. The first-order valence-electron chi connectivity index (χ1n) is 15.9. The van der Waals surface area contributed by atoms with E-state index in [-0.39, 0.29) is 41.9 Å². The molecule has 0 unspecified atom stereocenters. The van der Waals surface area contributed by atoms with Gasteiger partial charge in [-0.05, 0) is 29.9 Å². The molecule has 7 heteroatoms. The van der Waals surface area contributed by atoms with Gasteiger partial charge in [0.15, 0.2) is 6.04 Å². The summed E-state index contributed by atoms with van der Waals surface area (Å²) in [7, 11) is 0. The van der Waals surface area contributed by atoms with Crippen molar-refractivity contribution in [2.45, 2.75) is 128 Å². The van der Waals surface area contributed by atoms with E-state index in [0.29, 0.717) is 12.0 Å². The predicted octanol–water partition coefficient (Wildman–Crippen LogP) is 4.56. The average Bonchev–Trinajstić information content (AvgIpc) is 2.98. The molecule has 2 aromatic rings. The van der Waals surface area contributed by atoms with Gasteiger partial charge in [-0.1, -0.05) is 157 Å². The van der Waals surface area contributed by atoms with Crippen molar-refractivity contribution >= 4 is 17.8 Å². The van der Waals surface area contributed by atoms with Crippen LogP contribution in [0.3, 0.4) is 0 Å². The van der Waals surface area contributed by atoms with E-state index < -0.39 is 24.0 Å². The number of rotatable bonds is 23. The van der Waals surface area contributed by atoms with Crippen molar-refractivity contribution in [2.75, 3.05) is 0 Å². The monoisotopic (exact) mass is 586 g/mol. The minimum Gasteiger partial charge on any atom is -0.862 e. The summed E-state index contributed by atoms with van der Waals surface area (Å²) < 4.78 is 0. The number of hydrogen-bond acceptors (Lipinski definition) is 4. The van der Waals surface area contributed by atoms with Crippen LogP contribution in [0.2, 0.25) is 0 Å². The second kappa shape index (κ2) is 24.3. The van der Waals surface area contributed by atoms with Crippen molar-refractivity contribution in [3.8, 4) is 0 Å². The van der Waals surface area contributed by atoms with Gasteiger partial charge in [0.2, 0.25) is 5.91 Å². The zero-order chi connectivity index (χ0) is 29.5. The van der Waals surface area contributed by atoms with Crippen molar-refractivity contribution in [1.29, 1.82) is 0 Å². The van der Waals surface area contributed by atoms with Crippen LogP contribution in [-0.2, 0) is 16.0 Å². The first kappa shape index (κ1) is 37.9. The molecule has 0 bridgehead atoms. The largest absolute Gasteiger partial charge is 1.00 e. The Morgan fingerprint density at radius 3 is 1.67 bits per heavy atom. The molecule has 0 aliphatic carbocycles. The molecule has 0 aromatic heterocycles. The second-order valence-corrected chi connectivity index (χ2v) is 11.1. The molecule has 1 amide bonds. The minimum atomic E-state index is -1.21. The number of nitrogens with zero attached hydrogens (tertiary/aromatic N) is 1. The number of carboxylic acid groups (broad SMARTS) is 1. The molecule has 2 rings (SSSR count). The summed E-state index contributed by atoms with van der Waals surface area (Å²) in [6, 6.07) is 15.7. The topological polar surface area (TPSA) is 102 Å².